The largest absolute Gasteiger partial charge is 1.00 e. The molecular formula is C56H38LiN4O+. The minimum Gasteiger partial charge on any atom is -0.868 e. The molecule has 288 valence electrons. The molecule has 0 aliphatic heterocycles. The van der Waals surface area contributed by atoms with Crippen LogP contribution < -0.4 is 29.0 Å². The number of H-pyrrole nitrogens is 1. The Bertz CT molecular complexity index is 3300. The number of fused-ring (bicyclic) bond motifs is 4. The Morgan fingerprint density at radius 2 is 0.952 bits per heavy atom. The van der Waals surface area contributed by atoms with E-state index in [1.165, 1.54) is 32.7 Å². The molecule has 0 saturated carbocycles. The molecule has 0 atom stereocenters. The maximum absolute atomic E-state index is 11.1. The zero-order chi connectivity index (χ0) is 41.0. The fourth-order valence-electron chi connectivity index (χ4n) is 7.95. The molecule has 0 radical (unpaired) electrons. The number of hydrogen-bond donors (Lipinski definition) is 0. The molecule has 3 aromatic heterocycles. The second-order valence-electron chi connectivity index (χ2n) is 14.9. The molecule has 0 aliphatic carbocycles. The van der Waals surface area contributed by atoms with Crippen LogP contribution >= 0.6 is 0 Å². The van der Waals surface area contributed by atoms with Gasteiger partial charge in [-0.05, 0) is 97.1 Å². The van der Waals surface area contributed by atoms with Gasteiger partial charge in [0.1, 0.15) is 0 Å². The first-order chi connectivity index (χ1) is 30.1. The van der Waals surface area contributed by atoms with Gasteiger partial charge >= 0.3 is 18.9 Å². The van der Waals surface area contributed by atoms with Gasteiger partial charge in [0.2, 0.25) is 5.52 Å². The Balaban J connectivity index is 0.000000355. The van der Waals surface area contributed by atoms with E-state index < -0.39 is 0 Å². The third-order valence-electron chi connectivity index (χ3n) is 11.0. The van der Waals surface area contributed by atoms with E-state index in [2.05, 4.69) is 174 Å². The van der Waals surface area contributed by atoms with Crippen LogP contribution in [-0.2, 0) is 0 Å². The van der Waals surface area contributed by atoms with E-state index in [0.717, 1.165) is 55.7 Å². The van der Waals surface area contributed by atoms with E-state index in [-0.39, 0.29) is 24.6 Å². The van der Waals surface area contributed by atoms with Crippen LogP contribution in [0.4, 0.5) is 0 Å². The molecular weight excluding hydrogens is 752 g/mol. The summed E-state index contributed by atoms with van der Waals surface area (Å²) in [7, 11) is 0. The summed E-state index contributed by atoms with van der Waals surface area (Å²) >= 11 is 0. The number of para-hydroxylation sites is 1. The van der Waals surface area contributed by atoms with Gasteiger partial charge in [0.15, 0.2) is 12.0 Å². The van der Waals surface area contributed by atoms with Crippen molar-refractivity contribution >= 4 is 32.4 Å². The van der Waals surface area contributed by atoms with Crippen molar-refractivity contribution < 1.29 is 29.0 Å². The van der Waals surface area contributed by atoms with E-state index in [0.29, 0.717) is 11.3 Å². The molecule has 0 amide bonds. The van der Waals surface area contributed by atoms with Crippen LogP contribution in [0.3, 0.4) is 0 Å². The minimum atomic E-state index is 0. The minimum absolute atomic E-state index is 0. The summed E-state index contributed by atoms with van der Waals surface area (Å²) in [5, 5.41) is 17.1. The normalized spacial score (nSPS) is 10.8. The molecule has 11 rings (SSSR count). The third-order valence-corrected chi connectivity index (χ3v) is 11.0. The molecule has 0 fully saturated rings. The average molecular weight is 790 g/mol. The first-order valence-corrected chi connectivity index (χ1v) is 20.3. The maximum Gasteiger partial charge on any atom is 1.00 e. The Labute approximate surface area is 372 Å². The number of nitrogens with one attached hydrogen (secondary N) is 1. The zero-order valence-electron chi connectivity index (χ0n) is 34.1. The van der Waals surface area contributed by atoms with E-state index in [9.17, 15) is 5.11 Å². The van der Waals surface area contributed by atoms with Gasteiger partial charge in [-0.3, -0.25) is 4.98 Å². The van der Waals surface area contributed by atoms with Gasteiger partial charge < -0.3 is 5.11 Å². The molecule has 0 saturated heterocycles. The van der Waals surface area contributed by atoms with Crippen molar-refractivity contribution in [1.29, 1.82) is 0 Å². The van der Waals surface area contributed by atoms with Crippen LogP contribution in [0.25, 0.3) is 99.7 Å². The summed E-state index contributed by atoms with van der Waals surface area (Å²) in [5.74, 6) is 0.735. The topological polar surface area (TPSA) is 75.9 Å². The van der Waals surface area contributed by atoms with Gasteiger partial charge in [0, 0.05) is 40.5 Å². The van der Waals surface area contributed by atoms with Crippen LogP contribution in [0, 0.1) is 0 Å². The summed E-state index contributed by atoms with van der Waals surface area (Å²) in [6.45, 7) is 0. The molecule has 6 heteroatoms. The number of pyridine rings is 2. The zero-order valence-corrected chi connectivity index (χ0v) is 34.1. The fraction of sp³-hybridized carbons (Fsp3) is 0. The van der Waals surface area contributed by atoms with Gasteiger partial charge in [0.05, 0.1) is 11.4 Å². The Hall–Kier alpha value is -7.68. The molecule has 3 heterocycles. The first-order valence-electron chi connectivity index (χ1n) is 20.3. The molecule has 1 N–H and O–H groups in total. The smallest absolute Gasteiger partial charge is 0.868 e. The second kappa shape index (κ2) is 17.9. The number of nitrogens with zero attached hydrogens (tertiary/aromatic N) is 3. The van der Waals surface area contributed by atoms with Crippen LogP contribution in [0.2, 0.25) is 0 Å². The quantitative estimate of drug-likeness (QED) is 0.124. The van der Waals surface area contributed by atoms with Crippen LogP contribution in [-0.4, -0.2) is 15.0 Å². The van der Waals surface area contributed by atoms with Crippen LogP contribution in [0.1, 0.15) is 0 Å². The van der Waals surface area contributed by atoms with Gasteiger partial charge in [0.25, 0.3) is 0 Å². The van der Waals surface area contributed by atoms with E-state index in [1.54, 1.807) is 24.5 Å². The molecule has 11 aromatic rings. The van der Waals surface area contributed by atoms with Crippen molar-refractivity contribution in [3.63, 3.8) is 0 Å². The van der Waals surface area contributed by atoms with Crippen LogP contribution in [0.5, 0.6) is 5.75 Å². The molecule has 62 heavy (non-hydrogen) atoms. The average Bonchev–Trinajstić information content (AvgIpc) is 3.35. The molecule has 5 nitrogen and oxygen atoms in total. The number of aromatic nitrogens is 4. The summed E-state index contributed by atoms with van der Waals surface area (Å²) in [6.07, 6.45) is 5.44. The molecule has 8 aromatic carbocycles. The van der Waals surface area contributed by atoms with Gasteiger partial charge in [-0.2, -0.15) is 0 Å². The van der Waals surface area contributed by atoms with Crippen molar-refractivity contribution in [3.8, 4) is 73.0 Å². The first kappa shape index (κ1) is 39.8. The number of aromatic amines is 1. The van der Waals surface area contributed by atoms with Crippen molar-refractivity contribution in [2.24, 2.45) is 0 Å². The number of benzene rings is 8. The van der Waals surface area contributed by atoms with E-state index in [4.69, 9.17) is 9.97 Å². The Morgan fingerprint density at radius 3 is 1.68 bits per heavy atom. The van der Waals surface area contributed by atoms with E-state index in [1.807, 2.05) is 36.5 Å². The predicted octanol–water partition coefficient (Wildman–Crippen LogP) is 9.91. The van der Waals surface area contributed by atoms with Crippen LogP contribution in [0.15, 0.2) is 225 Å². The molecule has 0 bridgehead atoms. The molecule has 0 unspecified atom stereocenters. The standard InChI is InChI=1S/C47H31N3.C9H7NO.Li/c1-2-10-32(11-3-1)37-13-8-14-39(28-37)47-49-45(35-23-19-33(20-24-35)40-15-9-27-48-31-40)30-46(50-47)36-25-21-34(22-26-36)44-29-38-12-4-5-16-41(38)42-17-6-7-18-43(42)44;11-8-5-1-3-7-4-2-6-10-9(7)8;/h1-31H;1-6,11H;/q;;+1. The maximum atomic E-state index is 11.1. The van der Waals surface area contributed by atoms with Gasteiger partial charge in [-0.25, -0.2) is 15.0 Å². The summed E-state index contributed by atoms with van der Waals surface area (Å²) in [6, 6.07) is 71.0. The van der Waals surface area contributed by atoms with Gasteiger partial charge in [-0.1, -0.05) is 164 Å². The second-order valence-corrected chi connectivity index (χ2v) is 14.9. The van der Waals surface area contributed by atoms with Crippen molar-refractivity contribution in [1.82, 2.24) is 15.0 Å². The van der Waals surface area contributed by atoms with Gasteiger partial charge in [-0.15, -0.1) is 0 Å². The monoisotopic (exact) mass is 789 g/mol. The summed E-state index contributed by atoms with van der Waals surface area (Å²) < 4.78 is 0. The van der Waals surface area contributed by atoms with E-state index >= 15 is 0 Å². The fourth-order valence-corrected chi connectivity index (χ4v) is 7.95. The molecule has 0 spiro atoms. The van der Waals surface area contributed by atoms with Crippen molar-refractivity contribution in [2.45, 2.75) is 0 Å². The predicted molar refractivity (Wildman–Crippen MR) is 247 cm³/mol. The third kappa shape index (κ3) is 8.24. The Kier molecular flexibility index (Phi) is 11.5. The summed E-state index contributed by atoms with van der Waals surface area (Å²) in [4.78, 5) is 17.5. The SMILES string of the molecule is [Li+].[O-]c1cccc2ccc[nH+]c12.c1ccc(-c2cccc(-c3nc(-c4ccc(-c5cccnc5)cc4)cc(-c4ccc(-c5cc6ccccc6c6ccccc56)cc4)n3)c2)cc1. The number of rotatable bonds is 6. The Morgan fingerprint density at radius 1 is 0.387 bits per heavy atom. The van der Waals surface area contributed by atoms with Crippen molar-refractivity contribution in [2.75, 3.05) is 0 Å². The molecule has 0 aliphatic rings. The van der Waals surface area contributed by atoms with Crippen molar-refractivity contribution in [3.05, 3.63) is 225 Å². The summed E-state index contributed by atoms with van der Waals surface area (Å²) in [5.41, 5.74) is 12.3. The number of hydrogen-bond acceptors (Lipinski definition) is 4.